The van der Waals surface area contributed by atoms with Crippen molar-refractivity contribution in [2.45, 2.75) is 156 Å². The number of phenolic OH excluding ortho intramolecular Hbond substituents is 3. The summed E-state index contributed by atoms with van der Waals surface area (Å²) >= 11 is 14.1. The fourth-order valence-corrected chi connectivity index (χ4v) is 13.4. The van der Waals surface area contributed by atoms with Crippen LogP contribution in [-0.2, 0) is 57.4 Å². The summed E-state index contributed by atoms with van der Waals surface area (Å²) in [5.74, 6) is -17.0. The van der Waals surface area contributed by atoms with E-state index >= 15 is 14.4 Å². The predicted octanol–water partition coefficient (Wildman–Crippen LogP) is 0.450. The molecule has 0 spiro atoms. The van der Waals surface area contributed by atoms with Gasteiger partial charge in [-0.25, -0.2) is 4.79 Å². The third kappa shape index (κ3) is 16.6. The molecular weight excluding hydrogens is 1430 g/mol. The number of aliphatic hydroxyl groups excluding tert-OH is 6. The van der Waals surface area contributed by atoms with E-state index in [4.69, 9.17) is 57.4 Å². The molecule has 5 aromatic carbocycles. The number of likely N-dealkylation sites (N-methyl/N-ethyl adjacent to an activating group) is 1. The first-order valence-electron chi connectivity index (χ1n) is 32.7. The van der Waals surface area contributed by atoms with Gasteiger partial charge in [-0.3, -0.25) is 38.4 Å². The average molecular weight is 1500 g/mol. The van der Waals surface area contributed by atoms with Crippen molar-refractivity contribution in [1.29, 1.82) is 0 Å². The van der Waals surface area contributed by atoms with Crippen LogP contribution in [0, 0.1) is 5.92 Å². The van der Waals surface area contributed by atoms with Crippen molar-refractivity contribution in [1.82, 2.24) is 42.5 Å². The highest BCUT2D eigenvalue weighted by Crippen LogP contribution is 2.50. The highest BCUT2D eigenvalue weighted by atomic mass is 35.5. The minimum absolute atomic E-state index is 0.109. The van der Waals surface area contributed by atoms with E-state index in [1.165, 1.54) is 33.0 Å². The van der Waals surface area contributed by atoms with Gasteiger partial charge in [0.25, 0.3) is 0 Å². The number of aromatic hydroxyl groups is 3. The van der Waals surface area contributed by atoms with Crippen molar-refractivity contribution in [3.8, 4) is 57.1 Å². The molecule has 0 unspecified atom stereocenters. The Bertz CT molecular complexity index is 4270. The average Bonchev–Trinajstić information content (AvgIpc) is 0.768. The summed E-state index contributed by atoms with van der Waals surface area (Å²) < 4.78 is 38.5. The van der Waals surface area contributed by atoms with Gasteiger partial charge in [-0.15, -0.1) is 0 Å². The summed E-state index contributed by atoms with van der Waals surface area (Å²) in [4.78, 5) is 130. The molecule has 0 radical (unpaired) electrons. The maximum atomic E-state index is 16.1. The van der Waals surface area contributed by atoms with Gasteiger partial charge in [0.2, 0.25) is 59.3 Å². The number of aliphatic carboxylic acids is 1. The largest absolute Gasteiger partial charge is 0.508 e. The number of nitrogens with two attached hydrogens (primary N) is 1. The van der Waals surface area contributed by atoms with Crippen molar-refractivity contribution in [2.75, 3.05) is 13.7 Å². The molecule has 36 heteroatoms. The lowest BCUT2D eigenvalue weighted by Gasteiger charge is -2.48. The molecule has 34 nitrogen and oxygen atoms in total. The van der Waals surface area contributed by atoms with E-state index in [0.29, 0.717) is 0 Å². The minimum Gasteiger partial charge on any atom is -0.508 e. The summed E-state index contributed by atoms with van der Waals surface area (Å²) in [7, 11) is 1.47. The molecule has 7 aliphatic heterocycles. The molecule has 2 fully saturated rings. The van der Waals surface area contributed by atoms with Crippen LogP contribution in [0.5, 0.6) is 46.0 Å². The normalized spacial score (nSPS) is 28.6. The van der Waals surface area contributed by atoms with Gasteiger partial charge in [0.05, 0.1) is 40.8 Å². The van der Waals surface area contributed by atoms with Gasteiger partial charge in [-0.2, -0.15) is 0 Å². The number of ether oxygens (including phenoxy) is 6. The molecule has 7 heterocycles. The minimum atomic E-state index is -2.37. The summed E-state index contributed by atoms with van der Waals surface area (Å²) in [6, 6.07) is -0.973. The molecule has 2 saturated heterocycles. The fourth-order valence-electron chi connectivity index (χ4n) is 12.9. The number of primary amides is 1. The van der Waals surface area contributed by atoms with E-state index in [1.54, 1.807) is 0 Å². The number of hydrogen-bond acceptors (Lipinski definition) is 25. The quantitative estimate of drug-likeness (QED) is 0.0633. The van der Waals surface area contributed by atoms with Crippen molar-refractivity contribution in [3.63, 3.8) is 0 Å². The lowest BCUT2D eigenvalue weighted by Crippen LogP contribution is -2.66. The van der Waals surface area contributed by atoms with Crippen LogP contribution in [0.25, 0.3) is 11.1 Å². The van der Waals surface area contributed by atoms with Crippen LogP contribution < -0.4 is 62.5 Å². The van der Waals surface area contributed by atoms with Crippen molar-refractivity contribution >= 4 is 76.4 Å². The zero-order valence-corrected chi connectivity index (χ0v) is 58.0. The van der Waals surface area contributed by atoms with Crippen LogP contribution in [0.1, 0.15) is 105 Å². The molecule has 8 amide bonds. The monoisotopic (exact) mass is 1500 g/mol. The van der Waals surface area contributed by atoms with Crippen LogP contribution in [-0.4, -0.2) is 197 Å². The zero-order chi connectivity index (χ0) is 76.5. The standard InChI is InChI=1S/C69H77Cl2N9O25/c1-7-46(86)80-69(5)23-47(100-26(4)60(69)91)104-59-57(90)56(89)44(24-81)103-68(59)105-58-42-18-30-19-43(58)102-41-13-10-29(17-35(41)71)55(88)53-66(97)77-51(67(98)99)33-20-31(82)21-39(84)48(33)32-15-27(8-11-38(32)83)49(63(94)79-53)76-64(95)50(30)75-62(93)37(22-45(72)85)74-65(96)52(78-61(92)36(73-6)14-25(2)3)54(87)28-9-12-40(101-42)34(70)16-28/h7-13,15-21,25-26,36-37,44,47,49-57,59-60,68,73,81-84,87-91H,1,14,22-24H2,2-6H3,(H2,72,85)(H,74,96)(H,75,93)(H,76,95)(H,77,97)(H,78,92)(H,79,94)(H,80,86)(H,98,99)/t26-,36+,37-,44+,47-,49+,50+,51+,52+,53-,54+,55+,56+,57-,59+,60+,68-,69-/m0/s1. The van der Waals surface area contributed by atoms with Crippen molar-refractivity contribution in [2.24, 2.45) is 11.7 Å². The molecular formula is C69H77Cl2N9O25. The Morgan fingerprint density at radius 1 is 0.733 bits per heavy atom. The second kappa shape index (κ2) is 31.8. The third-order valence-corrected chi connectivity index (χ3v) is 18.9. The van der Waals surface area contributed by atoms with Gasteiger partial charge in [0.1, 0.15) is 95.6 Å². The Morgan fingerprint density at radius 3 is 1.93 bits per heavy atom. The van der Waals surface area contributed by atoms with Gasteiger partial charge in [0, 0.05) is 29.2 Å². The van der Waals surface area contributed by atoms with E-state index < -0.39 is 243 Å². The predicted molar refractivity (Wildman–Crippen MR) is 363 cm³/mol. The number of fused-ring (bicyclic) bond motifs is 15. The number of amides is 8. The van der Waals surface area contributed by atoms with Crippen LogP contribution in [0.2, 0.25) is 10.0 Å². The molecule has 18 atom stereocenters. The maximum Gasteiger partial charge on any atom is 0.330 e. The second-order valence-electron chi connectivity index (χ2n) is 26.3. The SMILES string of the molecule is C=CC(=O)N[C@@]1(C)C[C@H](O[C@H]2[C@H](Oc3c4cc5cc3Oc3ccc(cc3Cl)[C@@H](O)[C@@H](NC(=O)[C@@H](CC(C)C)NC)C(=O)N[C@@H](CC(N)=O)C(=O)N[C@H]5C(=O)N[C@H]3C(=O)N[C@H](C(=O)N[C@@H](C(=O)O)c5cc(O)cc(O)c5-c5cc3ccc5O)[C@H](O)c3ccc(c(Cl)c3)O4)O[C@H](CO)[C@@H](O)[C@@H]2O)O[C@@H](C)[C@H]1O. The third-order valence-electron chi connectivity index (χ3n) is 18.3. The summed E-state index contributed by atoms with van der Waals surface area (Å²) in [6.07, 6.45) is -18.5. The Balaban J connectivity index is 1.24. The molecule has 12 rings (SSSR count). The summed E-state index contributed by atoms with van der Waals surface area (Å²) in [6.45, 7) is 9.00. The van der Waals surface area contributed by atoms with Gasteiger partial charge >= 0.3 is 5.97 Å². The number of carboxylic acid groups (broad SMARTS) is 1. The molecule has 7 aliphatic rings. The van der Waals surface area contributed by atoms with E-state index in [-0.39, 0.29) is 46.2 Å². The zero-order valence-electron chi connectivity index (χ0n) is 56.4. The molecule has 20 N–H and O–H groups in total. The van der Waals surface area contributed by atoms with Crippen LogP contribution in [0.3, 0.4) is 0 Å². The van der Waals surface area contributed by atoms with Gasteiger partial charge in [-0.1, -0.05) is 61.8 Å². The number of nitrogens with one attached hydrogen (secondary N) is 8. The maximum absolute atomic E-state index is 16.1. The Hall–Kier alpha value is -9.95. The molecule has 11 bridgehead atoms. The van der Waals surface area contributed by atoms with Crippen LogP contribution in [0.15, 0.2) is 91.5 Å². The van der Waals surface area contributed by atoms with E-state index in [9.17, 15) is 79.8 Å². The van der Waals surface area contributed by atoms with E-state index in [2.05, 4.69) is 49.1 Å². The lowest BCUT2D eigenvalue weighted by atomic mass is 9.85. The Kier molecular flexibility index (Phi) is 23.5. The molecule has 0 aliphatic carbocycles. The number of carbonyl (C=O) groups excluding carboxylic acids is 8. The number of phenols is 3. The van der Waals surface area contributed by atoms with Crippen molar-refractivity contribution < 1.29 is 123 Å². The smallest absolute Gasteiger partial charge is 0.330 e. The number of carboxylic acids is 1. The first kappa shape index (κ1) is 77.7. The van der Waals surface area contributed by atoms with Crippen molar-refractivity contribution in [3.05, 3.63) is 129 Å². The number of halogens is 2. The molecule has 0 aromatic heterocycles. The first-order chi connectivity index (χ1) is 49.6. The number of carbonyl (C=O) groups is 9. The van der Waals surface area contributed by atoms with Gasteiger partial charge in [0.15, 0.2) is 29.9 Å². The molecule has 562 valence electrons. The topological polar surface area (TPSA) is 534 Å². The lowest BCUT2D eigenvalue weighted by molar-refractivity contribution is -0.334. The van der Waals surface area contributed by atoms with E-state index in [1.807, 2.05) is 13.8 Å². The summed E-state index contributed by atoms with van der Waals surface area (Å²) in [5.41, 5.74) is 1.26. The molecule has 0 saturated carbocycles. The Morgan fingerprint density at radius 2 is 1.34 bits per heavy atom. The van der Waals surface area contributed by atoms with E-state index in [0.717, 1.165) is 72.8 Å². The fraction of sp³-hybridized carbons (Fsp3) is 0.406. The number of aliphatic hydroxyl groups is 6. The van der Waals surface area contributed by atoms with Crippen LogP contribution in [0.4, 0.5) is 0 Å². The number of rotatable bonds is 15. The number of hydrogen-bond donors (Lipinski definition) is 19. The molecule has 5 aromatic rings. The summed E-state index contributed by atoms with van der Waals surface area (Å²) in [5, 5.41) is 134. The number of benzene rings is 5. The highest BCUT2D eigenvalue weighted by Gasteiger charge is 2.52. The Labute approximate surface area is 607 Å². The van der Waals surface area contributed by atoms with Gasteiger partial charge < -0.3 is 128 Å². The highest BCUT2D eigenvalue weighted by molar-refractivity contribution is 6.32. The van der Waals surface area contributed by atoms with Gasteiger partial charge in [-0.05, 0) is 116 Å². The second-order valence-corrected chi connectivity index (χ2v) is 27.1. The molecule has 105 heavy (non-hydrogen) atoms. The first-order valence-corrected chi connectivity index (χ1v) is 33.5. The van der Waals surface area contributed by atoms with Crippen LogP contribution >= 0.6 is 23.2 Å².